The number of anilines is 2. The maximum absolute atomic E-state index is 14.2. The van der Waals surface area contributed by atoms with E-state index in [0.29, 0.717) is 82.1 Å². The van der Waals surface area contributed by atoms with E-state index < -0.39 is 0 Å². The van der Waals surface area contributed by atoms with Crippen molar-refractivity contribution in [3.8, 4) is 0 Å². The van der Waals surface area contributed by atoms with E-state index in [1.54, 1.807) is 22.8 Å². The molecule has 6 atom stereocenters. The molecule has 0 spiro atoms. The van der Waals surface area contributed by atoms with Crippen molar-refractivity contribution in [3.63, 3.8) is 0 Å². The number of nitrogens with zero attached hydrogens (tertiary/aromatic N) is 5. The predicted octanol–water partition coefficient (Wildman–Crippen LogP) is 4.93. The third-order valence-corrected chi connectivity index (χ3v) is 12.1. The van der Waals surface area contributed by atoms with Crippen LogP contribution in [0.3, 0.4) is 0 Å². The molecule has 50 heavy (non-hydrogen) atoms. The lowest BCUT2D eigenvalue weighted by atomic mass is 9.45. The van der Waals surface area contributed by atoms with Crippen molar-refractivity contribution in [1.29, 1.82) is 0 Å². The Labute approximate surface area is 302 Å². The number of aryl methyl sites for hydroxylation is 1. The van der Waals surface area contributed by atoms with Gasteiger partial charge in [-0.15, -0.1) is 0 Å². The highest BCUT2D eigenvalue weighted by molar-refractivity contribution is 6.35. The SMILES string of the molecule is C[C@@H]1C(N=C(Nc2ccc3c(=O)n(CCc4ccc(Cl)cc4Cl)c(N4CC(=O)N[C@@H](C)C4)nc3c2)N2CC(=O)N[C@@H](C)C2)CC2C[C@H]1C2(C)C. The number of carbonyl (C=O) groups is 2. The van der Waals surface area contributed by atoms with Crippen molar-refractivity contribution in [2.24, 2.45) is 28.2 Å². The number of nitrogens with one attached hydrogen (secondary N) is 3. The van der Waals surface area contributed by atoms with Gasteiger partial charge in [0, 0.05) is 47.5 Å². The molecule has 5 fully saturated rings. The molecule has 3 heterocycles. The van der Waals surface area contributed by atoms with E-state index in [9.17, 15) is 14.4 Å². The average Bonchev–Trinajstić information content (AvgIpc) is 3.04. The third-order valence-electron chi connectivity index (χ3n) is 11.5. The fraction of sp³-hybridized carbons (Fsp3) is 0.541. The number of rotatable bonds is 6. The first kappa shape index (κ1) is 34.6. The topological polar surface area (TPSA) is 124 Å². The second-order valence-electron chi connectivity index (χ2n) is 15.4. The summed E-state index contributed by atoms with van der Waals surface area (Å²) in [6.07, 6.45) is 2.76. The Morgan fingerprint density at radius 1 is 0.980 bits per heavy atom. The molecule has 1 aromatic heterocycles. The molecule has 3 N–H and O–H groups in total. The summed E-state index contributed by atoms with van der Waals surface area (Å²) >= 11 is 12.6. The molecule has 2 saturated heterocycles. The minimum Gasteiger partial charge on any atom is -0.350 e. The summed E-state index contributed by atoms with van der Waals surface area (Å²) < 4.78 is 1.64. The zero-order valence-corrected chi connectivity index (χ0v) is 30.8. The van der Waals surface area contributed by atoms with Gasteiger partial charge in [0.25, 0.3) is 5.56 Å². The largest absolute Gasteiger partial charge is 0.350 e. The fourth-order valence-electron chi connectivity index (χ4n) is 8.64. The van der Waals surface area contributed by atoms with E-state index >= 15 is 0 Å². The number of benzene rings is 2. The summed E-state index contributed by atoms with van der Waals surface area (Å²) in [5, 5.41) is 11.1. The Morgan fingerprint density at radius 3 is 2.40 bits per heavy atom. The maximum atomic E-state index is 14.2. The highest BCUT2D eigenvalue weighted by Gasteiger charge is 2.56. The first-order valence-corrected chi connectivity index (χ1v) is 18.4. The molecule has 5 aliphatic rings. The number of aromatic nitrogens is 2. The number of hydrogen-bond acceptors (Lipinski definition) is 6. The van der Waals surface area contributed by atoms with Gasteiger partial charge in [0.15, 0.2) is 5.96 Å². The average molecular weight is 722 g/mol. The standard InChI is InChI=1S/C37H46Cl2N8O3/c1-20-16-45(18-32(48)40-20)35(43-30-13-24-12-28(22(30)3)37(24,4)5)42-26-8-9-27-31(15-26)44-36(46-17-21(2)41-33(49)19-46)47(34(27)50)11-10-23-6-7-25(38)14-29(23)39/h6-9,14-15,20-22,24,28,30H,10-13,16-19H2,1-5H3,(H,40,48)(H,41,49)(H,42,43)/t20-,21-,22-,24?,28+,30?/m0/s1. The lowest BCUT2D eigenvalue weighted by Crippen LogP contribution is -2.58. The van der Waals surface area contributed by atoms with Gasteiger partial charge < -0.3 is 25.8 Å². The molecule has 2 aliphatic heterocycles. The van der Waals surface area contributed by atoms with Crippen LogP contribution >= 0.6 is 23.2 Å². The molecule has 0 radical (unpaired) electrons. The van der Waals surface area contributed by atoms with E-state index in [4.69, 9.17) is 33.2 Å². The van der Waals surface area contributed by atoms with E-state index in [1.165, 1.54) is 6.42 Å². The van der Waals surface area contributed by atoms with Crippen molar-refractivity contribution in [1.82, 2.24) is 25.1 Å². The number of fused-ring (bicyclic) bond motifs is 3. The molecule has 13 heteroatoms. The molecule has 3 aliphatic carbocycles. The van der Waals surface area contributed by atoms with Crippen molar-refractivity contribution in [2.45, 2.75) is 78.6 Å². The van der Waals surface area contributed by atoms with Crippen molar-refractivity contribution >= 4 is 63.5 Å². The summed E-state index contributed by atoms with van der Waals surface area (Å²) in [4.78, 5) is 53.8. The lowest BCUT2D eigenvalue weighted by Gasteiger charge is -2.61. The van der Waals surface area contributed by atoms with Crippen molar-refractivity contribution in [2.75, 3.05) is 36.4 Å². The smallest absolute Gasteiger partial charge is 0.262 e. The maximum Gasteiger partial charge on any atom is 0.262 e. The highest BCUT2D eigenvalue weighted by atomic mass is 35.5. The first-order valence-electron chi connectivity index (χ1n) is 17.7. The summed E-state index contributed by atoms with van der Waals surface area (Å²) in [7, 11) is 0. The van der Waals surface area contributed by atoms with Gasteiger partial charge in [-0.05, 0) is 92.2 Å². The molecule has 2 amide bonds. The Hall–Kier alpha value is -3.83. The molecule has 11 nitrogen and oxygen atoms in total. The van der Waals surface area contributed by atoms with Crippen LogP contribution in [0.2, 0.25) is 10.0 Å². The van der Waals surface area contributed by atoms with Crippen LogP contribution in [0, 0.1) is 23.2 Å². The molecule has 8 rings (SSSR count). The fourth-order valence-corrected chi connectivity index (χ4v) is 9.14. The Kier molecular flexibility index (Phi) is 9.26. The van der Waals surface area contributed by atoms with Gasteiger partial charge in [-0.1, -0.05) is 50.0 Å². The zero-order valence-electron chi connectivity index (χ0n) is 29.3. The zero-order chi connectivity index (χ0) is 35.5. The first-order chi connectivity index (χ1) is 23.8. The Morgan fingerprint density at radius 2 is 1.72 bits per heavy atom. The molecule has 3 saturated carbocycles. The van der Waals surface area contributed by atoms with Crippen LogP contribution in [0.4, 0.5) is 11.6 Å². The monoisotopic (exact) mass is 720 g/mol. The van der Waals surface area contributed by atoms with E-state index in [-0.39, 0.29) is 48.6 Å². The second-order valence-corrected chi connectivity index (χ2v) is 16.2. The summed E-state index contributed by atoms with van der Waals surface area (Å²) in [6, 6.07) is 10.9. The van der Waals surface area contributed by atoms with Crippen molar-refractivity contribution < 1.29 is 9.59 Å². The van der Waals surface area contributed by atoms with Crippen LogP contribution in [-0.4, -0.2) is 76.5 Å². The number of piperazine rings is 2. The van der Waals surface area contributed by atoms with Gasteiger partial charge >= 0.3 is 0 Å². The van der Waals surface area contributed by atoms with Gasteiger partial charge in [-0.2, -0.15) is 0 Å². The van der Waals surface area contributed by atoms with Crippen molar-refractivity contribution in [3.05, 3.63) is 62.4 Å². The number of guanidine groups is 1. The van der Waals surface area contributed by atoms with Gasteiger partial charge in [0.05, 0.1) is 30.0 Å². The minimum atomic E-state index is -0.200. The number of hydrogen-bond donors (Lipinski definition) is 3. The predicted molar refractivity (Wildman–Crippen MR) is 199 cm³/mol. The number of amides is 2. The number of aliphatic imine (C=N–C) groups is 1. The van der Waals surface area contributed by atoms with Crippen LogP contribution in [-0.2, 0) is 22.6 Å². The molecule has 2 unspecified atom stereocenters. The number of halogens is 2. The second kappa shape index (κ2) is 13.4. The summed E-state index contributed by atoms with van der Waals surface area (Å²) in [5.74, 6) is 2.62. The molecule has 2 aromatic carbocycles. The number of carbonyl (C=O) groups excluding carboxylic acids is 2. The quantitative estimate of drug-likeness (QED) is 0.244. The van der Waals surface area contributed by atoms with Crippen LogP contribution in [0.25, 0.3) is 10.9 Å². The molecular weight excluding hydrogens is 675 g/mol. The van der Waals surface area contributed by atoms with Gasteiger partial charge in [0.2, 0.25) is 17.8 Å². The Balaban J connectivity index is 1.25. The highest BCUT2D eigenvalue weighted by Crippen LogP contribution is 2.61. The van der Waals surface area contributed by atoms with Gasteiger partial charge in [0.1, 0.15) is 0 Å². The van der Waals surface area contributed by atoms with E-state index in [1.807, 2.05) is 41.8 Å². The summed E-state index contributed by atoms with van der Waals surface area (Å²) in [5.41, 5.74) is 2.22. The van der Waals surface area contributed by atoms with Gasteiger partial charge in [-0.3, -0.25) is 19.0 Å². The van der Waals surface area contributed by atoms with Gasteiger partial charge in [-0.25, -0.2) is 9.98 Å². The normalized spacial score (nSPS) is 27.9. The van der Waals surface area contributed by atoms with Crippen LogP contribution < -0.4 is 26.4 Å². The third kappa shape index (κ3) is 6.66. The molecule has 2 bridgehead atoms. The minimum absolute atomic E-state index is 0.0226. The Bertz CT molecular complexity index is 1930. The van der Waals surface area contributed by atoms with E-state index in [0.717, 1.165) is 17.7 Å². The van der Waals surface area contributed by atoms with Crippen LogP contribution in [0.1, 0.15) is 53.0 Å². The lowest BCUT2D eigenvalue weighted by molar-refractivity contribution is -0.124. The van der Waals surface area contributed by atoms with E-state index in [2.05, 4.69) is 36.7 Å². The van der Waals surface area contributed by atoms with Crippen LogP contribution in [0.5, 0.6) is 0 Å². The molecule has 3 aromatic rings. The molecular formula is C37H46Cl2N8O3. The summed E-state index contributed by atoms with van der Waals surface area (Å²) in [6.45, 7) is 12.8. The molecule has 266 valence electrons. The van der Waals surface area contributed by atoms with Crippen LogP contribution in [0.15, 0.2) is 46.2 Å².